The van der Waals surface area contributed by atoms with Crippen LogP contribution in [0.5, 0.6) is 0 Å². The molecule has 0 rings (SSSR count). The largest absolute Gasteiger partial charge is 0.481 e. The summed E-state index contributed by atoms with van der Waals surface area (Å²) in [5, 5.41) is 19.3. The first-order valence-corrected chi connectivity index (χ1v) is 14.6. The Labute approximate surface area is 212 Å². The Balaban J connectivity index is 3.45. The normalized spacial score (nSPS) is 13.8. The van der Waals surface area contributed by atoms with E-state index in [-0.39, 0.29) is 18.6 Å². The molecular weight excluding hydrogens is 426 g/mol. The van der Waals surface area contributed by atoms with Gasteiger partial charge in [0.2, 0.25) is 0 Å². The summed E-state index contributed by atoms with van der Waals surface area (Å²) in [6.45, 7) is 3.36. The van der Waals surface area contributed by atoms with E-state index >= 15 is 0 Å². The molecule has 1 unspecified atom stereocenters. The number of carboxylic acids is 1. The van der Waals surface area contributed by atoms with Gasteiger partial charge in [0.15, 0.2) is 0 Å². The Morgan fingerprint density at radius 1 is 0.706 bits per heavy atom. The SMILES string of the molecule is CCCCCCCCCCCCCCCCCCCC(O)CCO[C@H](CC(=O)O)C[N+](C)(C)C. The molecule has 204 valence electrons. The van der Waals surface area contributed by atoms with Crippen LogP contribution >= 0.6 is 0 Å². The van der Waals surface area contributed by atoms with E-state index in [1.807, 2.05) is 21.1 Å². The molecule has 0 aromatic rings. The Kier molecular flexibility index (Phi) is 22.4. The molecule has 0 aliphatic heterocycles. The standard InChI is InChI=1S/C29H59NO4/c1-5-6-7-8-9-10-11-12-13-14-15-16-17-18-19-20-21-22-27(31)23-24-34-28(25-29(32)33)26-30(2,3)4/h27-28,31H,5-26H2,1-4H3/p+1/t27?,28-/m1/s1. The molecule has 0 aromatic heterocycles. The quantitative estimate of drug-likeness (QED) is 0.0991. The van der Waals surface area contributed by atoms with Crippen molar-refractivity contribution in [2.24, 2.45) is 0 Å². The third-order valence-electron chi connectivity index (χ3n) is 6.60. The average Bonchev–Trinajstić information content (AvgIpc) is 2.74. The second kappa shape index (κ2) is 22.8. The van der Waals surface area contributed by atoms with Crippen molar-refractivity contribution in [1.82, 2.24) is 0 Å². The monoisotopic (exact) mass is 486 g/mol. The molecule has 0 saturated heterocycles. The molecule has 0 aliphatic rings. The van der Waals surface area contributed by atoms with Crippen molar-refractivity contribution in [3.8, 4) is 0 Å². The van der Waals surface area contributed by atoms with Crippen molar-refractivity contribution in [2.45, 2.75) is 148 Å². The predicted molar refractivity (Wildman–Crippen MR) is 144 cm³/mol. The minimum atomic E-state index is -0.831. The van der Waals surface area contributed by atoms with Gasteiger partial charge in [-0.1, -0.05) is 116 Å². The average molecular weight is 487 g/mol. The maximum absolute atomic E-state index is 11.0. The zero-order chi connectivity index (χ0) is 25.5. The van der Waals surface area contributed by atoms with Crippen LogP contribution in [0.25, 0.3) is 0 Å². The van der Waals surface area contributed by atoms with Crippen molar-refractivity contribution in [1.29, 1.82) is 0 Å². The number of aliphatic carboxylic acids is 1. The number of aliphatic hydroxyl groups excluding tert-OH is 1. The van der Waals surface area contributed by atoms with Crippen LogP contribution < -0.4 is 0 Å². The zero-order valence-corrected chi connectivity index (χ0v) is 23.4. The molecule has 0 bridgehead atoms. The van der Waals surface area contributed by atoms with E-state index in [0.717, 1.165) is 12.8 Å². The van der Waals surface area contributed by atoms with Crippen molar-refractivity contribution in [3.63, 3.8) is 0 Å². The fraction of sp³-hybridized carbons (Fsp3) is 0.966. The third kappa shape index (κ3) is 26.0. The number of rotatable bonds is 26. The van der Waals surface area contributed by atoms with Gasteiger partial charge in [-0.05, 0) is 12.8 Å². The Morgan fingerprint density at radius 3 is 1.50 bits per heavy atom. The van der Waals surface area contributed by atoms with Gasteiger partial charge >= 0.3 is 5.97 Å². The number of carboxylic acid groups (broad SMARTS) is 1. The van der Waals surface area contributed by atoms with Gasteiger partial charge in [0, 0.05) is 6.61 Å². The van der Waals surface area contributed by atoms with E-state index in [0.29, 0.717) is 24.1 Å². The van der Waals surface area contributed by atoms with Gasteiger partial charge < -0.3 is 19.4 Å². The second-order valence-electron chi connectivity index (χ2n) is 11.5. The summed E-state index contributed by atoms with van der Waals surface area (Å²) < 4.78 is 6.45. The minimum Gasteiger partial charge on any atom is -0.481 e. The molecule has 0 radical (unpaired) electrons. The number of likely N-dealkylation sites (N-methyl/N-ethyl adjacent to an activating group) is 1. The molecular formula is C29H60NO4+. The molecule has 5 heteroatoms. The van der Waals surface area contributed by atoms with Crippen LogP contribution in [0.2, 0.25) is 0 Å². The van der Waals surface area contributed by atoms with Gasteiger partial charge in [-0.3, -0.25) is 4.79 Å². The number of quaternary nitrogens is 1. The molecule has 0 aromatic carbocycles. The molecule has 2 atom stereocenters. The lowest BCUT2D eigenvalue weighted by molar-refractivity contribution is -0.873. The summed E-state index contributed by atoms with van der Waals surface area (Å²) in [6.07, 6.45) is 23.9. The van der Waals surface area contributed by atoms with E-state index in [2.05, 4.69) is 6.92 Å². The summed E-state index contributed by atoms with van der Waals surface area (Å²) in [5.41, 5.74) is 0. The third-order valence-corrected chi connectivity index (χ3v) is 6.60. The molecule has 0 aliphatic carbocycles. The fourth-order valence-electron chi connectivity index (χ4n) is 4.60. The molecule has 0 saturated carbocycles. The number of hydrogen-bond acceptors (Lipinski definition) is 3. The van der Waals surface area contributed by atoms with Crippen LogP contribution in [0.4, 0.5) is 0 Å². The van der Waals surface area contributed by atoms with Crippen LogP contribution in [0.3, 0.4) is 0 Å². The first-order valence-electron chi connectivity index (χ1n) is 14.6. The number of nitrogens with zero attached hydrogens (tertiary/aromatic N) is 1. The van der Waals surface area contributed by atoms with Gasteiger partial charge in [0.05, 0.1) is 33.7 Å². The van der Waals surface area contributed by atoms with Crippen molar-refractivity contribution < 1.29 is 24.2 Å². The summed E-state index contributed by atoms with van der Waals surface area (Å²) in [4.78, 5) is 11.0. The zero-order valence-electron chi connectivity index (χ0n) is 23.4. The lowest BCUT2D eigenvalue weighted by atomic mass is 10.0. The summed E-state index contributed by atoms with van der Waals surface area (Å²) in [5.74, 6) is -0.831. The highest BCUT2D eigenvalue weighted by atomic mass is 16.5. The predicted octanol–water partition coefficient (Wildman–Crippen LogP) is 7.35. The number of unbranched alkanes of at least 4 members (excludes halogenated alkanes) is 16. The molecule has 0 fully saturated rings. The van der Waals surface area contributed by atoms with Crippen molar-refractivity contribution in [2.75, 3.05) is 34.3 Å². The van der Waals surface area contributed by atoms with Crippen LogP contribution in [0.1, 0.15) is 135 Å². The summed E-state index contributed by atoms with van der Waals surface area (Å²) >= 11 is 0. The summed E-state index contributed by atoms with van der Waals surface area (Å²) in [7, 11) is 6.10. The van der Waals surface area contributed by atoms with Crippen LogP contribution in [0, 0.1) is 0 Å². The van der Waals surface area contributed by atoms with Crippen molar-refractivity contribution >= 4 is 5.97 Å². The summed E-state index contributed by atoms with van der Waals surface area (Å²) in [6, 6.07) is 0. The van der Waals surface area contributed by atoms with Crippen LogP contribution in [-0.4, -0.2) is 67.2 Å². The number of ether oxygens (including phenoxy) is 1. The van der Waals surface area contributed by atoms with E-state index < -0.39 is 5.97 Å². The molecule has 34 heavy (non-hydrogen) atoms. The second-order valence-corrected chi connectivity index (χ2v) is 11.5. The van der Waals surface area contributed by atoms with E-state index in [1.54, 1.807) is 0 Å². The molecule has 5 nitrogen and oxygen atoms in total. The highest BCUT2D eigenvalue weighted by Crippen LogP contribution is 2.15. The molecule has 0 spiro atoms. The van der Waals surface area contributed by atoms with E-state index in [1.165, 1.54) is 103 Å². The fourth-order valence-corrected chi connectivity index (χ4v) is 4.60. The van der Waals surface area contributed by atoms with Gasteiger partial charge in [-0.15, -0.1) is 0 Å². The van der Waals surface area contributed by atoms with Crippen LogP contribution in [0.15, 0.2) is 0 Å². The first-order chi connectivity index (χ1) is 16.2. The lowest BCUT2D eigenvalue weighted by Gasteiger charge is -2.28. The number of aliphatic hydroxyl groups is 1. The van der Waals surface area contributed by atoms with Crippen LogP contribution in [-0.2, 0) is 9.53 Å². The highest BCUT2D eigenvalue weighted by molar-refractivity contribution is 5.67. The Morgan fingerprint density at radius 2 is 1.12 bits per heavy atom. The first kappa shape index (κ1) is 33.4. The topological polar surface area (TPSA) is 66.8 Å². The molecule has 2 N–H and O–H groups in total. The Bertz CT molecular complexity index is 450. The molecule has 0 heterocycles. The number of carbonyl (C=O) groups is 1. The van der Waals surface area contributed by atoms with Crippen molar-refractivity contribution in [3.05, 3.63) is 0 Å². The van der Waals surface area contributed by atoms with Gasteiger partial charge in [0.25, 0.3) is 0 Å². The van der Waals surface area contributed by atoms with E-state index in [9.17, 15) is 9.90 Å². The Hall–Kier alpha value is -0.650. The smallest absolute Gasteiger partial charge is 0.306 e. The van der Waals surface area contributed by atoms with Gasteiger partial charge in [-0.25, -0.2) is 0 Å². The van der Waals surface area contributed by atoms with E-state index in [4.69, 9.17) is 9.84 Å². The van der Waals surface area contributed by atoms with Gasteiger partial charge in [-0.2, -0.15) is 0 Å². The maximum atomic E-state index is 11.0. The molecule has 0 amide bonds. The minimum absolute atomic E-state index is 0.0187. The maximum Gasteiger partial charge on any atom is 0.306 e. The number of hydrogen-bond donors (Lipinski definition) is 2. The highest BCUT2D eigenvalue weighted by Gasteiger charge is 2.22. The lowest BCUT2D eigenvalue weighted by Crippen LogP contribution is -2.43. The van der Waals surface area contributed by atoms with Gasteiger partial charge in [0.1, 0.15) is 12.6 Å².